The summed E-state index contributed by atoms with van der Waals surface area (Å²) in [6.45, 7) is 6.79. The minimum atomic E-state index is -0.229. The molecule has 1 N–H and O–H groups in total. The van der Waals surface area contributed by atoms with Crippen molar-refractivity contribution >= 4 is 47.1 Å². The predicted octanol–water partition coefficient (Wildman–Crippen LogP) is 2.39. The maximum absolute atomic E-state index is 11.8. The number of imidazole rings is 1. The van der Waals surface area contributed by atoms with Gasteiger partial charge >= 0.3 is 6.09 Å². The van der Waals surface area contributed by atoms with Crippen molar-refractivity contribution in [3.63, 3.8) is 0 Å². The third-order valence-electron chi connectivity index (χ3n) is 4.70. The molecule has 0 unspecified atom stereocenters. The summed E-state index contributed by atoms with van der Waals surface area (Å²) in [6.07, 6.45) is 2.64. The molecule has 1 saturated heterocycles. The van der Waals surface area contributed by atoms with E-state index >= 15 is 0 Å². The Hall–Kier alpha value is -2.04. The number of benzene rings is 1. The van der Waals surface area contributed by atoms with Crippen LogP contribution in [0.15, 0.2) is 35.6 Å². The SMILES string of the molecule is CCOC(=O)N1CCN(C(=NC)NCCCn2cnc3ccccc32)CC1.I. The lowest BCUT2D eigenvalue weighted by Gasteiger charge is -2.35. The Morgan fingerprint density at radius 3 is 2.64 bits per heavy atom. The van der Waals surface area contributed by atoms with Crippen LogP contribution < -0.4 is 5.32 Å². The Morgan fingerprint density at radius 1 is 1.21 bits per heavy atom. The molecule has 0 radical (unpaired) electrons. The summed E-state index contributed by atoms with van der Waals surface area (Å²) in [5.74, 6) is 0.883. The summed E-state index contributed by atoms with van der Waals surface area (Å²) < 4.78 is 7.24. The van der Waals surface area contributed by atoms with E-state index in [9.17, 15) is 4.79 Å². The highest BCUT2D eigenvalue weighted by Gasteiger charge is 2.23. The Bertz CT molecular complexity index is 786. The fraction of sp³-hybridized carbons (Fsp3) is 0.526. The van der Waals surface area contributed by atoms with E-state index in [2.05, 4.69) is 30.8 Å². The molecular weight excluding hydrogens is 471 g/mol. The molecule has 3 rings (SSSR count). The summed E-state index contributed by atoms with van der Waals surface area (Å²) in [6, 6.07) is 8.17. The average Bonchev–Trinajstić information content (AvgIpc) is 3.12. The molecule has 0 aliphatic carbocycles. The quantitative estimate of drug-likeness (QED) is 0.296. The zero-order chi connectivity index (χ0) is 19.1. The Labute approximate surface area is 183 Å². The van der Waals surface area contributed by atoms with Crippen molar-refractivity contribution in [3.05, 3.63) is 30.6 Å². The molecule has 0 bridgehead atoms. The van der Waals surface area contributed by atoms with E-state index in [0.717, 1.165) is 49.6 Å². The number of nitrogens with one attached hydrogen (secondary N) is 1. The summed E-state index contributed by atoms with van der Waals surface area (Å²) in [5.41, 5.74) is 2.19. The normalized spacial score (nSPS) is 14.7. The largest absolute Gasteiger partial charge is 0.450 e. The molecule has 1 amide bonds. The molecule has 2 heterocycles. The van der Waals surface area contributed by atoms with Crippen molar-refractivity contribution in [3.8, 4) is 0 Å². The molecule has 9 heteroatoms. The van der Waals surface area contributed by atoms with Crippen LogP contribution in [0.4, 0.5) is 4.79 Å². The second-order valence-corrected chi connectivity index (χ2v) is 6.43. The number of guanidine groups is 1. The minimum absolute atomic E-state index is 0. The van der Waals surface area contributed by atoms with E-state index in [1.54, 1.807) is 11.9 Å². The molecule has 2 aromatic rings. The monoisotopic (exact) mass is 500 g/mol. The van der Waals surface area contributed by atoms with E-state index in [-0.39, 0.29) is 30.1 Å². The number of amides is 1. The second-order valence-electron chi connectivity index (χ2n) is 6.43. The highest BCUT2D eigenvalue weighted by molar-refractivity contribution is 14.0. The molecule has 1 aromatic carbocycles. The van der Waals surface area contributed by atoms with E-state index in [4.69, 9.17) is 4.74 Å². The molecular formula is C19H29IN6O2. The van der Waals surface area contributed by atoms with Crippen molar-refractivity contribution in [2.24, 2.45) is 4.99 Å². The van der Waals surface area contributed by atoms with Crippen LogP contribution >= 0.6 is 24.0 Å². The smallest absolute Gasteiger partial charge is 0.409 e. The number of piperazine rings is 1. The lowest BCUT2D eigenvalue weighted by atomic mass is 10.3. The number of ether oxygens (including phenoxy) is 1. The molecule has 1 aromatic heterocycles. The Kier molecular flexibility index (Phi) is 8.81. The number of hydrogen-bond donors (Lipinski definition) is 1. The van der Waals surface area contributed by atoms with Gasteiger partial charge in [-0.2, -0.15) is 0 Å². The Morgan fingerprint density at radius 2 is 1.93 bits per heavy atom. The summed E-state index contributed by atoms with van der Waals surface area (Å²) in [4.78, 5) is 24.5. The topological polar surface area (TPSA) is 75.0 Å². The third-order valence-corrected chi connectivity index (χ3v) is 4.70. The first-order chi connectivity index (χ1) is 13.2. The van der Waals surface area contributed by atoms with Crippen LogP contribution in [-0.2, 0) is 11.3 Å². The minimum Gasteiger partial charge on any atom is -0.450 e. The average molecular weight is 500 g/mol. The molecule has 1 aliphatic rings. The highest BCUT2D eigenvalue weighted by Crippen LogP contribution is 2.12. The zero-order valence-corrected chi connectivity index (χ0v) is 18.8. The number of fused-ring (bicyclic) bond motifs is 1. The zero-order valence-electron chi connectivity index (χ0n) is 16.5. The number of nitrogens with zero attached hydrogens (tertiary/aromatic N) is 5. The van der Waals surface area contributed by atoms with Gasteiger partial charge in [-0.3, -0.25) is 4.99 Å². The molecule has 1 fully saturated rings. The van der Waals surface area contributed by atoms with Crippen LogP contribution in [0, 0.1) is 0 Å². The van der Waals surface area contributed by atoms with Gasteiger partial charge in [-0.1, -0.05) is 12.1 Å². The number of para-hydroxylation sites is 2. The lowest BCUT2D eigenvalue weighted by Crippen LogP contribution is -2.54. The molecule has 28 heavy (non-hydrogen) atoms. The highest BCUT2D eigenvalue weighted by atomic mass is 127. The van der Waals surface area contributed by atoms with E-state index in [0.29, 0.717) is 19.7 Å². The number of aryl methyl sites for hydroxylation is 1. The molecule has 0 spiro atoms. The van der Waals surface area contributed by atoms with Gasteiger partial charge in [0.05, 0.1) is 24.0 Å². The van der Waals surface area contributed by atoms with Gasteiger partial charge in [0.15, 0.2) is 5.96 Å². The number of hydrogen-bond acceptors (Lipinski definition) is 4. The van der Waals surface area contributed by atoms with Crippen LogP contribution in [-0.4, -0.2) is 77.8 Å². The molecule has 0 atom stereocenters. The maximum atomic E-state index is 11.8. The van der Waals surface area contributed by atoms with E-state index in [1.165, 1.54) is 0 Å². The van der Waals surface area contributed by atoms with Gasteiger partial charge in [0.1, 0.15) is 0 Å². The maximum Gasteiger partial charge on any atom is 0.409 e. The number of carbonyl (C=O) groups excluding carboxylic acids is 1. The van der Waals surface area contributed by atoms with Crippen molar-refractivity contribution < 1.29 is 9.53 Å². The van der Waals surface area contributed by atoms with Gasteiger partial charge in [-0.05, 0) is 25.5 Å². The summed E-state index contributed by atoms with van der Waals surface area (Å²) >= 11 is 0. The first kappa shape index (κ1) is 22.3. The van der Waals surface area contributed by atoms with Gasteiger partial charge in [0.25, 0.3) is 0 Å². The fourth-order valence-corrected chi connectivity index (χ4v) is 3.29. The van der Waals surface area contributed by atoms with Gasteiger partial charge in [0.2, 0.25) is 0 Å². The summed E-state index contributed by atoms with van der Waals surface area (Å²) in [7, 11) is 1.80. The van der Waals surface area contributed by atoms with Crippen molar-refractivity contribution in [1.82, 2.24) is 24.7 Å². The van der Waals surface area contributed by atoms with Crippen LogP contribution in [0.1, 0.15) is 13.3 Å². The first-order valence-electron chi connectivity index (χ1n) is 9.50. The van der Waals surface area contributed by atoms with Crippen LogP contribution in [0.5, 0.6) is 0 Å². The third kappa shape index (κ3) is 5.49. The number of halogens is 1. The summed E-state index contributed by atoms with van der Waals surface area (Å²) in [5, 5.41) is 3.43. The number of aliphatic imine (C=N–C) groups is 1. The standard InChI is InChI=1S/C19H28N6O2.HI/c1-3-27-19(26)24-13-11-23(12-14-24)18(20-2)21-9-6-10-25-15-22-16-7-4-5-8-17(16)25;/h4-5,7-8,15H,3,6,9-14H2,1-2H3,(H,20,21);1H. The van der Waals surface area contributed by atoms with E-state index in [1.807, 2.05) is 31.5 Å². The van der Waals surface area contributed by atoms with Gasteiger partial charge < -0.3 is 24.4 Å². The molecule has 8 nitrogen and oxygen atoms in total. The van der Waals surface area contributed by atoms with Crippen LogP contribution in [0.2, 0.25) is 0 Å². The van der Waals surface area contributed by atoms with Crippen molar-refractivity contribution in [2.45, 2.75) is 19.9 Å². The van der Waals surface area contributed by atoms with Crippen LogP contribution in [0.3, 0.4) is 0 Å². The predicted molar refractivity (Wildman–Crippen MR) is 121 cm³/mol. The second kappa shape index (κ2) is 11.1. The number of carbonyl (C=O) groups is 1. The lowest BCUT2D eigenvalue weighted by molar-refractivity contribution is 0.0914. The first-order valence-corrected chi connectivity index (χ1v) is 9.50. The molecule has 1 aliphatic heterocycles. The van der Waals surface area contributed by atoms with E-state index < -0.39 is 0 Å². The van der Waals surface area contributed by atoms with Crippen molar-refractivity contribution in [2.75, 3.05) is 46.4 Å². The fourth-order valence-electron chi connectivity index (χ4n) is 3.29. The molecule has 0 saturated carbocycles. The van der Waals surface area contributed by atoms with Crippen LogP contribution in [0.25, 0.3) is 11.0 Å². The molecule has 154 valence electrons. The number of aromatic nitrogens is 2. The van der Waals surface area contributed by atoms with Gasteiger partial charge in [0, 0.05) is 46.3 Å². The van der Waals surface area contributed by atoms with Gasteiger partial charge in [-0.25, -0.2) is 9.78 Å². The van der Waals surface area contributed by atoms with Gasteiger partial charge in [-0.15, -0.1) is 24.0 Å². The van der Waals surface area contributed by atoms with Crippen molar-refractivity contribution in [1.29, 1.82) is 0 Å². The Balaban J connectivity index is 0.00000280. The number of rotatable bonds is 5.